The zero-order chi connectivity index (χ0) is 21.5. The van der Waals surface area contributed by atoms with E-state index in [4.69, 9.17) is 4.99 Å². The number of anilines is 1. The number of benzene rings is 3. The number of rotatable bonds is 7. The first-order chi connectivity index (χ1) is 15.2. The van der Waals surface area contributed by atoms with Crippen molar-refractivity contribution >= 4 is 34.6 Å². The molecule has 31 heavy (non-hydrogen) atoms. The fourth-order valence-corrected chi connectivity index (χ4v) is 4.36. The Balaban J connectivity index is 1.54. The lowest BCUT2D eigenvalue weighted by atomic mass is 10.1. The van der Waals surface area contributed by atoms with Gasteiger partial charge >= 0.3 is 0 Å². The van der Waals surface area contributed by atoms with Crippen molar-refractivity contribution in [3.05, 3.63) is 107 Å². The summed E-state index contributed by atoms with van der Waals surface area (Å²) in [7, 11) is 0. The number of aliphatic hydroxyl groups is 1. The van der Waals surface area contributed by atoms with Crippen LogP contribution in [0.3, 0.4) is 0 Å². The summed E-state index contributed by atoms with van der Waals surface area (Å²) >= 11 is 1.41. The van der Waals surface area contributed by atoms with Crippen LogP contribution >= 0.6 is 11.8 Å². The molecule has 0 radical (unpaired) electrons. The van der Waals surface area contributed by atoms with Crippen molar-refractivity contribution in [3.8, 4) is 0 Å². The molecule has 0 bridgehead atoms. The van der Waals surface area contributed by atoms with Gasteiger partial charge in [-0.15, -0.1) is 0 Å². The molecule has 0 aliphatic carbocycles. The third kappa shape index (κ3) is 5.32. The highest BCUT2D eigenvalue weighted by molar-refractivity contribution is 8.19. The molecule has 1 aliphatic heterocycles. The highest BCUT2D eigenvalue weighted by Gasteiger charge is 2.34. The summed E-state index contributed by atoms with van der Waals surface area (Å²) in [6.45, 7) is 0.665. The number of hydrogen-bond acceptors (Lipinski definition) is 4. The zero-order valence-corrected chi connectivity index (χ0v) is 18.0. The molecule has 4 rings (SSSR count). The first kappa shape index (κ1) is 21.1. The van der Waals surface area contributed by atoms with Crippen LogP contribution in [0, 0.1) is 0 Å². The second-order valence-corrected chi connectivity index (χ2v) is 8.25. The molecule has 1 saturated heterocycles. The minimum atomic E-state index is -0.0655. The van der Waals surface area contributed by atoms with Crippen molar-refractivity contribution in [2.24, 2.45) is 4.99 Å². The summed E-state index contributed by atoms with van der Waals surface area (Å²) in [5.41, 5.74) is 3.89. The fraction of sp³-hybridized carbons (Fsp3) is 0.154. The Hall–Kier alpha value is -3.15. The topological polar surface area (TPSA) is 52.9 Å². The molecule has 1 fully saturated rings. The van der Waals surface area contributed by atoms with Gasteiger partial charge in [-0.1, -0.05) is 72.8 Å². The molecule has 1 amide bonds. The standard InChI is InChI=1S/C26H24N2O2S/c29-19-22-15-13-21(14-16-22)18-24-25(30)28(23-11-5-2-6-12-23)26(31-24)27-17-7-10-20-8-3-1-4-9-20/h1-6,8-9,11-16,18,29H,7,10,17,19H2/b24-18-,27-26-. The molecular weight excluding hydrogens is 404 g/mol. The Kier molecular flexibility index (Phi) is 6.97. The van der Waals surface area contributed by atoms with Crippen LogP contribution in [0.25, 0.3) is 6.08 Å². The minimum Gasteiger partial charge on any atom is -0.392 e. The maximum atomic E-state index is 13.2. The molecule has 0 atom stereocenters. The number of amides is 1. The van der Waals surface area contributed by atoms with Gasteiger partial charge in [-0.3, -0.25) is 14.7 Å². The van der Waals surface area contributed by atoms with Gasteiger partial charge < -0.3 is 5.11 Å². The fourth-order valence-electron chi connectivity index (χ4n) is 3.36. The van der Waals surface area contributed by atoms with Crippen LogP contribution in [-0.2, 0) is 17.8 Å². The summed E-state index contributed by atoms with van der Waals surface area (Å²) in [6.07, 6.45) is 3.77. The number of carbonyl (C=O) groups excluding carboxylic acids is 1. The third-order valence-corrected chi connectivity index (χ3v) is 6.00. The van der Waals surface area contributed by atoms with Crippen LogP contribution in [-0.4, -0.2) is 22.7 Å². The van der Waals surface area contributed by atoms with Crippen molar-refractivity contribution < 1.29 is 9.90 Å². The quantitative estimate of drug-likeness (QED) is 0.411. The van der Waals surface area contributed by atoms with E-state index in [1.165, 1.54) is 17.3 Å². The molecular formula is C26H24N2O2S. The van der Waals surface area contributed by atoms with Gasteiger partial charge in [0.25, 0.3) is 5.91 Å². The Morgan fingerprint density at radius 2 is 1.55 bits per heavy atom. The normalized spacial score (nSPS) is 16.4. The molecule has 3 aromatic rings. The van der Waals surface area contributed by atoms with Crippen molar-refractivity contribution in [1.29, 1.82) is 0 Å². The number of aryl methyl sites for hydroxylation is 1. The molecule has 1 N–H and O–H groups in total. The van der Waals surface area contributed by atoms with Gasteiger partial charge in [0.15, 0.2) is 5.17 Å². The first-order valence-corrected chi connectivity index (χ1v) is 11.1. The predicted molar refractivity (Wildman–Crippen MR) is 129 cm³/mol. The second-order valence-electron chi connectivity index (χ2n) is 7.24. The molecule has 4 nitrogen and oxygen atoms in total. The smallest absolute Gasteiger partial charge is 0.271 e. The average molecular weight is 429 g/mol. The van der Waals surface area contributed by atoms with Crippen molar-refractivity contribution in [2.75, 3.05) is 11.4 Å². The van der Waals surface area contributed by atoms with E-state index in [9.17, 15) is 9.90 Å². The maximum Gasteiger partial charge on any atom is 0.271 e. The van der Waals surface area contributed by atoms with Crippen LogP contribution < -0.4 is 4.90 Å². The number of carbonyl (C=O) groups is 1. The van der Waals surface area contributed by atoms with Gasteiger partial charge in [-0.2, -0.15) is 0 Å². The van der Waals surface area contributed by atoms with Crippen molar-refractivity contribution in [2.45, 2.75) is 19.4 Å². The highest BCUT2D eigenvalue weighted by atomic mass is 32.2. The van der Waals surface area contributed by atoms with E-state index in [2.05, 4.69) is 12.1 Å². The number of thioether (sulfide) groups is 1. The van der Waals surface area contributed by atoms with E-state index in [1.54, 1.807) is 4.90 Å². The lowest BCUT2D eigenvalue weighted by molar-refractivity contribution is -0.113. The molecule has 0 aromatic heterocycles. The monoisotopic (exact) mass is 428 g/mol. The van der Waals surface area contributed by atoms with Gasteiger partial charge in [0.2, 0.25) is 0 Å². The Morgan fingerprint density at radius 1 is 0.871 bits per heavy atom. The minimum absolute atomic E-state index is 0.00606. The Morgan fingerprint density at radius 3 is 2.23 bits per heavy atom. The molecule has 5 heteroatoms. The Bertz CT molecular complexity index is 1080. The lowest BCUT2D eigenvalue weighted by Gasteiger charge is -2.15. The second kappa shape index (κ2) is 10.2. The molecule has 3 aromatic carbocycles. The van der Waals surface area contributed by atoms with Gasteiger partial charge in [0, 0.05) is 6.54 Å². The molecule has 0 saturated carbocycles. The number of hydrogen-bond donors (Lipinski definition) is 1. The largest absolute Gasteiger partial charge is 0.392 e. The number of para-hydroxylation sites is 1. The van der Waals surface area contributed by atoms with Gasteiger partial charge in [0.05, 0.1) is 17.2 Å². The van der Waals surface area contributed by atoms with E-state index < -0.39 is 0 Å². The summed E-state index contributed by atoms with van der Waals surface area (Å²) in [6, 6.07) is 27.6. The number of aliphatic hydroxyl groups excluding tert-OH is 1. The van der Waals surface area contributed by atoms with Crippen molar-refractivity contribution in [3.63, 3.8) is 0 Å². The molecule has 1 heterocycles. The van der Waals surface area contributed by atoms with Crippen molar-refractivity contribution in [1.82, 2.24) is 0 Å². The van der Waals surface area contributed by atoms with Crippen LogP contribution in [0.1, 0.15) is 23.1 Å². The van der Waals surface area contributed by atoms with Crippen LogP contribution in [0.15, 0.2) is 94.8 Å². The number of amidine groups is 1. The maximum absolute atomic E-state index is 13.2. The van der Waals surface area contributed by atoms with Gasteiger partial charge in [-0.25, -0.2) is 0 Å². The zero-order valence-electron chi connectivity index (χ0n) is 17.1. The summed E-state index contributed by atoms with van der Waals surface area (Å²) in [5, 5.41) is 9.94. The molecule has 156 valence electrons. The predicted octanol–water partition coefficient (Wildman–Crippen LogP) is 5.29. The van der Waals surface area contributed by atoms with E-state index in [-0.39, 0.29) is 12.5 Å². The molecule has 1 aliphatic rings. The molecule has 0 spiro atoms. The number of nitrogens with zero attached hydrogens (tertiary/aromatic N) is 2. The average Bonchev–Trinajstić information content (AvgIpc) is 3.13. The van der Waals surface area contributed by atoms with Gasteiger partial charge in [0.1, 0.15) is 0 Å². The van der Waals surface area contributed by atoms with Gasteiger partial charge in [-0.05, 0) is 59.5 Å². The van der Waals surface area contributed by atoms with E-state index in [1.807, 2.05) is 78.9 Å². The first-order valence-electron chi connectivity index (χ1n) is 10.3. The number of aliphatic imine (C=N–C) groups is 1. The van der Waals surface area contributed by atoms with Crippen LogP contribution in [0.2, 0.25) is 0 Å². The SMILES string of the molecule is O=C1/C(=C/c2ccc(CO)cc2)S/C(=N\CCCc2ccccc2)N1c1ccccc1. The summed E-state index contributed by atoms with van der Waals surface area (Å²) < 4.78 is 0. The lowest BCUT2D eigenvalue weighted by Crippen LogP contribution is -2.29. The third-order valence-electron chi connectivity index (χ3n) is 4.99. The van der Waals surface area contributed by atoms with E-state index in [0.29, 0.717) is 16.6 Å². The van der Waals surface area contributed by atoms with Crippen LogP contribution in [0.5, 0.6) is 0 Å². The summed E-state index contributed by atoms with van der Waals surface area (Å²) in [4.78, 5) is 20.3. The van der Waals surface area contributed by atoms with E-state index >= 15 is 0 Å². The Labute approximate surface area is 187 Å². The molecule has 0 unspecified atom stereocenters. The highest BCUT2D eigenvalue weighted by Crippen LogP contribution is 2.36. The summed E-state index contributed by atoms with van der Waals surface area (Å²) in [5.74, 6) is -0.0655. The van der Waals surface area contributed by atoms with Crippen LogP contribution in [0.4, 0.5) is 5.69 Å². The van der Waals surface area contributed by atoms with E-state index in [0.717, 1.165) is 29.7 Å².